The number of benzene rings is 3. The van der Waals surface area contributed by atoms with Crippen LogP contribution in [0.5, 0.6) is 5.75 Å². The molecular formula is C26H27N3O3S. The standard InChI is InChI=1S/C26H27N3O3S/c1-3-32-21-15-13-20(14-16-21)24(30)28-26(33)29(2)23-12-8-7-11-22(23)25(31)27-18-17-19-9-5-4-6-10-19/h4-16H,3,17-18H2,1-2H3,(H,27,31)(H,28,30,33). The highest BCUT2D eigenvalue weighted by atomic mass is 32.1. The molecule has 2 N–H and O–H groups in total. The average molecular weight is 462 g/mol. The van der Waals surface area contributed by atoms with Gasteiger partial charge in [-0.3, -0.25) is 14.9 Å². The summed E-state index contributed by atoms with van der Waals surface area (Å²) in [6.45, 7) is 2.97. The molecule has 0 unspecified atom stereocenters. The van der Waals surface area contributed by atoms with Crippen molar-refractivity contribution < 1.29 is 14.3 Å². The molecule has 0 fully saturated rings. The second-order valence-electron chi connectivity index (χ2n) is 7.28. The molecule has 3 rings (SSSR count). The molecule has 0 bridgehead atoms. The lowest BCUT2D eigenvalue weighted by molar-refractivity contribution is 0.0952. The average Bonchev–Trinajstić information content (AvgIpc) is 2.84. The molecule has 0 heterocycles. The van der Waals surface area contributed by atoms with E-state index in [-0.39, 0.29) is 16.9 Å². The number of thiocarbonyl (C=S) groups is 1. The third-order valence-corrected chi connectivity index (χ3v) is 5.38. The third kappa shape index (κ3) is 6.63. The van der Waals surface area contributed by atoms with Gasteiger partial charge in [0.2, 0.25) is 0 Å². The molecule has 170 valence electrons. The first kappa shape index (κ1) is 23.9. The van der Waals surface area contributed by atoms with Crippen molar-refractivity contribution in [3.63, 3.8) is 0 Å². The molecule has 7 heteroatoms. The molecule has 3 aromatic carbocycles. The van der Waals surface area contributed by atoms with Gasteiger partial charge in [-0.15, -0.1) is 0 Å². The van der Waals surface area contributed by atoms with E-state index in [1.165, 1.54) is 0 Å². The molecule has 0 saturated heterocycles. The Hall–Kier alpha value is -3.71. The Morgan fingerprint density at radius 1 is 0.909 bits per heavy atom. The van der Waals surface area contributed by atoms with Crippen molar-refractivity contribution >= 4 is 34.8 Å². The maximum atomic E-state index is 12.8. The van der Waals surface area contributed by atoms with Crippen molar-refractivity contribution in [2.75, 3.05) is 25.1 Å². The van der Waals surface area contributed by atoms with Gasteiger partial charge in [-0.2, -0.15) is 0 Å². The van der Waals surface area contributed by atoms with Crippen molar-refractivity contribution in [1.82, 2.24) is 10.6 Å². The van der Waals surface area contributed by atoms with E-state index in [1.807, 2.05) is 43.3 Å². The van der Waals surface area contributed by atoms with Gasteiger partial charge < -0.3 is 15.0 Å². The van der Waals surface area contributed by atoms with Crippen LogP contribution in [-0.2, 0) is 6.42 Å². The predicted octanol–water partition coefficient (Wildman–Crippen LogP) is 4.21. The molecule has 0 saturated carbocycles. The Labute approximate surface area is 199 Å². The number of hydrogen-bond acceptors (Lipinski definition) is 4. The minimum absolute atomic E-state index is 0.193. The Kier molecular flexibility index (Phi) is 8.55. The Morgan fingerprint density at radius 3 is 2.27 bits per heavy atom. The lowest BCUT2D eigenvalue weighted by Crippen LogP contribution is -2.41. The molecule has 33 heavy (non-hydrogen) atoms. The second-order valence-corrected chi connectivity index (χ2v) is 7.67. The monoisotopic (exact) mass is 461 g/mol. The van der Waals surface area contributed by atoms with E-state index >= 15 is 0 Å². The molecule has 0 aromatic heterocycles. The number of nitrogens with one attached hydrogen (secondary N) is 2. The molecule has 6 nitrogen and oxygen atoms in total. The van der Waals surface area contributed by atoms with Crippen molar-refractivity contribution in [3.8, 4) is 5.75 Å². The predicted molar refractivity (Wildman–Crippen MR) is 135 cm³/mol. The van der Waals surface area contributed by atoms with Crippen LogP contribution in [0.1, 0.15) is 33.2 Å². The summed E-state index contributed by atoms with van der Waals surface area (Å²) in [5.74, 6) is 0.162. The van der Waals surface area contributed by atoms with Crippen LogP contribution in [0.25, 0.3) is 0 Å². The minimum atomic E-state index is -0.334. The van der Waals surface area contributed by atoms with Crippen LogP contribution >= 0.6 is 12.2 Å². The van der Waals surface area contributed by atoms with Gasteiger partial charge in [-0.1, -0.05) is 42.5 Å². The van der Waals surface area contributed by atoms with Crippen LogP contribution in [0.15, 0.2) is 78.9 Å². The molecule has 0 aliphatic heterocycles. The maximum Gasteiger partial charge on any atom is 0.257 e. The van der Waals surface area contributed by atoms with Gasteiger partial charge >= 0.3 is 0 Å². The van der Waals surface area contributed by atoms with E-state index in [0.717, 1.165) is 12.0 Å². The van der Waals surface area contributed by atoms with Gasteiger partial charge in [-0.25, -0.2) is 0 Å². The first-order chi connectivity index (χ1) is 16.0. The smallest absolute Gasteiger partial charge is 0.257 e. The highest BCUT2D eigenvalue weighted by molar-refractivity contribution is 7.80. The molecule has 2 amide bonds. The Balaban J connectivity index is 1.63. The minimum Gasteiger partial charge on any atom is -0.494 e. The van der Waals surface area contributed by atoms with Gasteiger partial charge in [-0.05, 0) is 67.5 Å². The summed E-state index contributed by atoms with van der Waals surface area (Å²) < 4.78 is 5.40. The number of amides is 2. The van der Waals surface area contributed by atoms with Crippen LogP contribution in [0.4, 0.5) is 5.69 Å². The number of carbonyl (C=O) groups is 2. The number of carbonyl (C=O) groups excluding carboxylic acids is 2. The van der Waals surface area contributed by atoms with Crippen molar-refractivity contribution in [2.45, 2.75) is 13.3 Å². The Bertz CT molecular complexity index is 1100. The Morgan fingerprint density at radius 2 is 1.58 bits per heavy atom. The maximum absolute atomic E-state index is 12.8. The summed E-state index contributed by atoms with van der Waals surface area (Å²) in [4.78, 5) is 27.1. The van der Waals surface area contributed by atoms with Gasteiger partial charge in [0.15, 0.2) is 5.11 Å². The van der Waals surface area contributed by atoms with Crippen LogP contribution in [0, 0.1) is 0 Å². The van der Waals surface area contributed by atoms with E-state index in [9.17, 15) is 9.59 Å². The molecule has 0 aliphatic rings. The topological polar surface area (TPSA) is 70.7 Å². The summed E-state index contributed by atoms with van der Waals surface area (Å²) in [5, 5.41) is 5.87. The summed E-state index contributed by atoms with van der Waals surface area (Å²) in [7, 11) is 1.72. The van der Waals surface area contributed by atoms with E-state index in [4.69, 9.17) is 17.0 Å². The highest BCUT2D eigenvalue weighted by Gasteiger charge is 2.18. The number of anilines is 1. The van der Waals surface area contributed by atoms with Crippen LogP contribution in [0.3, 0.4) is 0 Å². The van der Waals surface area contributed by atoms with Crippen molar-refractivity contribution in [1.29, 1.82) is 0 Å². The molecular weight excluding hydrogens is 434 g/mol. The van der Waals surface area contributed by atoms with Crippen LogP contribution in [-0.4, -0.2) is 37.1 Å². The van der Waals surface area contributed by atoms with Crippen molar-refractivity contribution in [3.05, 3.63) is 95.6 Å². The fourth-order valence-electron chi connectivity index (χ4n) is 3.25. The SMILES string of the molecule is CCOc1ccc(C(=O)NC(=S)N(C)c2ccccc2C(=O)NCCc2ccccc2)cc1. The van der Waals surface area contributed by atoms with Gasteiger partial charge in [0.05, 0.1) is 17.9 Å². The molecule has 0 aliphatic carbocycles. The van der Waals surface area contributed by atoms with Gasteiger partial charge in [0.1, 0.15) is 5.75 Å². The lowest BCUT2D eigenvalue weighted by atomic mass is 10.1. The number of para-hydroxylation sites is 1. The third-order valence-electron chi connectivity index (χ3n) is 5.00. The van der Waals surface area contributed by atoms with E-state index in [0.29, 0.717) is 35.7 Å². The molecule has 0 spiro atoms. The fraction of sp³-hybridized carbons (Fsp3) is 0.192. The van der Waals surface area contributed by atoms with Gasteiger partial charge in [0.25, 0.3) is 11.8 Å². The zero-order valence-electron chi connectivity index (χ0n) is 18.7. The van der Waals surface area contributed by atoms with E-state index in [2.05, 4.69) is 10.6 Å². The fourth-order valence-corrected chi connectivity index (χ4v) is 3.44. The molecule has 0 radical (unpaired) electrons. The zero-order valence-corrected chi connectivity index (χ0v) is 19.5. The number of hydrogen-bond donors (Lipinski definition) is 2. The van der Waals surface area contributed by atoms with E-state index < -0.39 is 0 Å². The molecule has 3 aromatic rings. The highest BCUT2D eigenvalue weighted by Crippen LogP contribution is 2.20. The number of ether oxygens (including phenoxy) is 1. The number of rotatable bonds is 8. The summed E-state index contributed by atoms with van der Waals surface area (Å²) in [5.41, 5.74) is 2.69. The first-order valence-electron chi connectivity index (χ1n) is 10.7. The summed E-state index contributed by atoms with van der Waals surface area (Å²) >= 11 is 5.44. The second kappa shape index (κ2) is 11.8. The summed E-state index contributed by atoms with van der Waals surface area (Å²) in [6.07, 6.45) is 0.737. The van der Waals surface area contributed by atoms with Gasteiger partial charge in [0, 0.05) is 19.2 Å². The van der Waals surface area contributed by atoms with E-state index in [1.54, 1.807) is 54.4 Å². The number of nitrogens with zero attached hydrogens (tertiary/aromatic N) is 1. The lowest BCUT2D eigenvalue weighted by Gasteiger charge is -2.23. The normalized spacial score (nSPS) is 10.2. The largest absolute Gasteiger partial charge is 0.494 e. The first-order valence-corrected chi connectivity index (χ1v) is 11.1. The van der Waals surface area contributed by atoms with Crippen LogP contribution < -0.4 is 20.3 Å². The zero-order chi connectivity index (χ0) is 23.6. The van der Waals surface area contributed by atoms with Crippen LogP contribution in [0.2, 0.25) is 0 Å². The summed E-state index contributed by atoms with van der Waals surface area (Å²) in [6, 6.07) is 23.9. The van der Waals surface area contributed by atoms with Crippen molar-refractivity contribution in [2.24, 2.45) is 0 Å². The quantitative estimate of drug-likeness (QED) is 0.492. The molecule has 0 atom stereocenters.